The van der Waals surface area contributed by atoms with Gasteiger partial charge in [-0.25, -0.2) is 8.42 Å². The highest BCUT2D eigenvalue weighted by molar-refractivity contribution is 9.10. The molecule has 7 nitrogen and oxygen atoms in total. The van der Waals surface area contributed by atoms with Gasteiger partial charge in [0.15, 0.2) is 0 Å². The number of nitrogens with one attached hydrogen (secondary N) is 1. The summed E-state index contributed by atoms with van der Waals surface area (Å²) in [6, 6.07) is 31.6. The van der Waals surface area contributed by atoms with Crippen LogP contribution in [0, 0.1) is 6.92 Å². The summed E-state index contributed by atoms with van der Waals surface area (Å²) in [6.07, 6.45) is 4.20. The smallest absolute Gasteiger partial charge is 0.264 e. The lowest BCUT2D eigenvalue weighted by Gasteiger charge is -2.34. The Bertz CT molecular complexity index is 1690. The molecule has 0 radical (unpaired) electrons. The third-order valence-electron chi connectivity index (χ3n) is 8.15. The topological polar surface area (TPSA) is 86.8 Å². The van der Waals surface area contributed by atoms with Crippen molar-refractivity contribution in [1.82, 2.24) is 10.2 Å². The first-order valence-electron chi connectivity index (χ1n) is 15.2. The van der Waals surface area contributed by atoms with E-state index in [2.05, 4.69) is 21.2 Å². The van der Waals surface area contributed by atoms with Gasteiger partial charge in [-0.1, -0.05) is 107 Å². The first-order chi connectivity index (χ1) is 21.7. The Kier molecular flexibility index (Phi) is 10.7. The molecule has 1 saturated carbocycles. The largest absolute Gasteiger partial charge is 0.352 e. The predicted octanol–water partition coefficient (Wildman–Crippen LogP) is 6.65. The zero-order valence-corrected chi connectivity index (χ0v) is 27.7. The molecule has 5 rings (SSSR count). The van der Waals surface area contributed by atoms with Crippen LogP contribution < -0.4 is 9.62 Å². The van der Waals surface area contributed by atoms with Gasteiger partial charge in [0, 0.05) is 23.5 Å². The molecule has 0 spiro atoms. The van der Waals surface area contributed by atoms with Crippen molar-refractivity contribution >= 4 is 43.5 Å². The van der Waals surface area contributed by atoms with Crippen LogP contribution in [0.15, 0.2) is 119 Å². The summed E-state index contributed by atoms with van der Waals surface area (Å²) in [4.78, 5) is 30.2. The molecule has 4 aromatic rings. The second kappa shape index (κ2) is 14.9. The lowest BCUT2D eigenvalue weighted by Crippen LogP contribution is -2.54. The van der Waals surface area contributed by atoms with E-state index in [4.69, 9.17) is 0 Å². The van der Waals surface area contributed by atoms with Crippen LogP contribution >= 0.6 is 15.9 Å². The molecule has 0 heterocycles. The van der Waals surface area contributed by atoms with E-state index in [-0.39, 0.29) is 29.8 Å². The van der Waals surface area contributed by atoms with Crippen LogP contribution in [0.3, 0.4) is 0 Å². The molecule has 234 valence electrons. The van der Waals surface area contributed by atoms with Gasteiger partial charge in [-0.05, 0) is 67.3 Å². The Hall–Kier alpha value is -3.95. The fraction of sp³-hybridized carbons (Fsp3) is 0.278. The van der Waals surface area contributed by atoms with Gasteiger partial charge in [0.2, 0.25) is 11.8 Å². The van der Waals surface area contributed by atoms with Gasteiger partial charge in [-0.3, -0.25) is 13.9 Å². The zero-order valence-electron chi connectivity index (χ0n) is 25.3. The number of anilines is 1. The number of sulfonamides is 1. The van der Waals surface area contributed by atoms with Gasteiger partial charge < -0.3 is 10.2 Å². The molecule has 1 N–H and O–H groups in total. The van der Waals surface area contributed by atoms with E-state index >= 15 is 0 Å². The molecule has 0 aliphatic heterocycles. The van der Waals surface area contributed by atoms with Crippen molar-refractivity contribution < 1.29 is 18.0 Å². The van der Waals surface area contributed by atoms with Gasteiger partial charge >= 0.3 is 0 Å². The van der Waals surface area contributed by atoms with Crippen molar-refractivity contribution in [2.75, 3.05) is 10.8 Å². The SMILES string of the molecule is Cc1ccc(S(=O)(=O)N(CC(=O)N(Cc2cccc(Br)c2)C(Cc2ccccc2)C(=O)NC2CCCC2)c2ccccc2)cc1. The molecule has 1 unspecified atom stereocenters. The average Bonchev–Trinajstić information content (AvgIpc) is 3.55. The first kappa shape index (κ1) is 32.4. The van der Waals surface area contributed by atoms with Crippen molar-refractivity contribution in [3.05, 3.63) is 130 Å². The van der Waals surface area contributed by atoms with Gasteiger partial charge in [-0.2, -0.15) is 0 Å². The Morgan fingerprint density at radius 1 is 0.844 bits per heavy atom. The predicted molar refractivity (Wildman–Crippen MR) is 181 cm³/mol. The summed E-state index contributed by atoms with van der Waals surface area (Å²) in [5, 5.41) is 3.20. The molecule has 0 aromatic heterocycles. The normalized spacial score (nSPS) is 14.1. The second-order valence-corrected chi connectivity index (χ2v) is 14.3. The molecule has 1 aliphatic rings. The molecule has 0 bridgehead atoms. The fourth-order valence-corrected chi connectivity index (χ4v) is 7.57. The lowest BCUT2D eigenvalue weighted by molar-refractivity contribution is -0.140. The summed E-state index contributed by atoms with van der Waals surface area (Å²) in [7, 11) is -4.12. The van der Waals surface area contributed by atoms with Gasteiger partial charge in [0.05, 0.1) is 10.6 Å². The highest BCUT2D eigenvalue weighted by atomic mass is 79.9. The number of hydrogen-bond acceptors (Lipinski definition) is 4. The van der Waals surface area contributed by atoms with Crippen LogP contribution in [0.5, 0.6) is 0 Å². The molecular formula is C36H38BrN3O4S. The van der Waals surface area contributed by atoms with Gasteiger partial charge in [-0.15, -0.1) is 0 Å². The number of rotatable bonds is 12. The second-order valence-electron chi connectivity index (χ2n) is 11.5. The van der Waals surface area contributed by atoms with Crippen molar-refractivity contribution in [2.24, 2.45) is 0 Å². The molecule has 1 fully saturated rings. The Morgan fingerprint density at radius 3 is 2.11 bits per heavy atom. The van der Waals surface area contributed by atoms with E-state index in [0.29, 0.717) is 5.69 Å². The standard InChI is InChI=1S/C36H38BrN3O4S/c1-27-19-21-33(22-20-27)45(43,44)40(32-17-6-3-7-18-32)26-35(41)39(25-29-13-10-14-30(37)23-29)34(24-28-11-4-2-5-12-28)36(42)38-31-15-8-9-16-31/h2-7,10-14,17-23,31,34H,8-9,15-16,24-26H2,1H3,(H,38,42). The lowest BCUT2D eigenvalue weighted by atomic mass is 10.0. The molecule has 4 aromatic carbocycles. The van der Waals surface area contributed by atoms with Crippen LogP contribution in [-0.2, 0) is 32.6 Å². The fourth-order valence-electron chi connectivity index (χ4n) is 5.71. The summed E-state index contributed by atoms with van der Waals surface area (Å²) in [5.41, 5.74) is 3.01. The Labute approximate surface area is 274 Å². The quantitative estimate of drug-likeness (QED) is 0.181. The van der Waals surface area contributed by atoms with Crippen molar-refractivity contribution in [3.63, 3.8) is 0 Å². The zero-order chi connectivity index (χ0) is 31.8. The van der Waals surface area contributed by atoms with Crippen LogP contribution in [0.1, 0.15) is 42.4 Å². The summed E-state index contributed by atoms with van der Waals surface area (Å²) >= 11 is 3.52. The van der Waals surface area contributed by atoms with E-state index in [1.807, 2.05) is 61.5 Å². The van der Waals surface area contributed by atoms with Crippen LogP contribution in [0.25, 0.3) is 0 Å². The maximum atomic E-state index is 14.5. The number of para-hydroxylation sites is 1. The number of nitrogens with zero attached hydrogens (tertiary/aromatic N) is 2. The van der Waals surface area contributed by atoms with Crippen LogP contribution in [0.4, 0.5) is 5.69 Å². The number of benzene rings is 4. The maximum absolute atomic E-state index is 14.5. The molecule has 45 heavy (non-hydrogen) atoms. The first-order valence-corrected chi connectivity index (χ1v) is 17.5. The third-order valence-corrected chi connectivity index (χ3v) is 10.4. The number of carbonyl (C=O) groups excluding carboxylic acids is 2. The number of amides is 2. The Balaban J connectivity index is 1.55. The van der Waals surface area contributed by atoms with E-state index < -0.39 is 28.5 Å². The summed E-state index contributed by atoms with van der Waals surface area (Å²) < 4.78 is 30.2. The highest BCUT2D eigenvalue weighted by Crippen LogP contribution is 2.26. The maximum Gasteiger partial charge on any atom is 0.264 e. The minimum absolute atomic E-state index is 0.0568. The van der Waals surface area contributed by atoms with Crippen molar-refractivity contribution in [3.8, 4) is 0 Å². The highest BCUT2D eigenvalue weighted by Gasteiger charge is 2.35. The molecule has 9 heteroatoms. The van der Waals surface area contributed by atoms with Crippen molar-refractivity contribution in [2.45, 2.75) is 62.6 Å². The van der Waals surface area contributed by atoms with Gasteiger partial charge in [0.25, 0.3) is 10.0 Å². The van der Waals surface area contributed by atoms with Crippen LogP contribution in [0.2, 0.25) is 0 Å². The minimum atomic E-state index is -4.12. The molecule has 0 saturated heterocycles. The third kappa shape index (κ3) is 8.41. The molecule has 1 aliphatic carbocycles. The molecular weight excluding hydrogens is 650 g/mol. The molecule has 2 amide bonds. The van der Waals surface area contributed by atoms with Crippen molar-refractivity contribution in [1.29, 1.82) is 0 Å². The minimum Gasteiger partial charge on any atom is -0.352 e. The molecule has 1 atom stereocenters. The monoisotopic (exact) mass is 687 g/mol. The Morgan fingerprint density at radius 2 is 1.47 bits per heavy atom. The number of halogens is 1. The van der Waals surface area contributed by atoms with E-state index in [9.17, 15) is 18.0 Å². The van der Waals surface area contributed by atoms with Crippen LogP contribution in [-0.4, -0.2) is 43.8 Å². The number of aryl methyl sites for hydroxylation is 1. The van der Waals surface area contributed by atoms with Gasteiger partial charge in [0.1, 0.15) is 12.6 Å². The average molecular weight is 689 g/mol. The summed E-state index contributed by atoms with van der Waals surface area (Å²) in [5.74, 6) is -0.709. The number of carbonyl (C=O) groups is 2. The van der Waals surface area contributed by atoms with E-state index in [1.54, 1.807) is 59.5 Å². The number of hydrogen-bond donors (Lipinski definition) is 1. The summed E-state index contributed by atoms with van der Waals surface area (Å²) in [6.45, 7) is 1.54. The van der Waals surface area contributed by atoms with E-state index in [1.165, 1.54) is 0 Å². The van der Waals surface area contributed by atoms with E-state index in [0.717, 1.165) is 51.2 Å².